The maximum absolute atomic E-state index is 15.2. The third-order valence-electron chi connectivity index (χ3n) is 12.4. The van der Waals surface area contributed by atoms with Crippen molar-refractivity contribution in [3.05, 3.63) is 111 Å². The number of anilines is 2. The largest absolute Gasteiger partial charge is 0.491 e. The van der Waals surface area contributed by atoms with Crippen LogP contribution in [0.3, 0.4) is 0 Å². The second-order valence-electron chi connectivity index (χ2n) is 15.3. The zero-order valence-corrected chi connectivity index (χ0v) is 32.6. The predicted octanol–water partition coefficient (Wildman–Crippen LogP) is 6.98. The summed E-state index contributed by atoms with van der Waals surface area (Å²) in [6.07, 6.45) is 2.30. The predicted molar refractivity (Wildman–Crippen MR) is 213 cm³/mol. The third kappa shape index (κ3) is 5.41. The lowest BCUT2D eigenvalue weighted by Gasteiger charge is -2.49. The number of fused-ring (bicyclic) bond motifs is 5. The van der Waals surface area contributed by atoms with Crippen molar-refractivity contribution in [3.8, 4) is 16.3 Å². The number of allylic oxidation sites excluding steroid dienone is 2. The summed E-state index contributed by atoms with van der Waals surface area (Å²) in [4.78, 5) is 72.7. The molecule has 3 fully saturated rings. The Balaban J connectivity index is 1.15. The van der Waals surface area contributed by atoms with Crippen molar-refractivity contribution in [1.29, 1.82) is 0 Å². The Bertz CT molecular complexity index is 2600. The van der Waals surface area contributed by atoms with E-state index in [1.807, 2.05) is 43.3 Å². The van der Waals surface area contributed by atoms with Crippen molar-refractivity contribution < 1.29 is 33.9 Å². The quantitative estimate of drug-likeness (QED) is 0.0754. The molecule has 15 heteroatoms. The number of ether oxygens (including phenoxy) is 1. The Hall–Kier alpha value is -5.70. The molecule has 13 nitrogen and oxygen atoms in total. The van der Waals surface area contributed by atoms with Crippen LogP contribution in [0.25, 0.3) is 20.7 Å². The van der Waals surface area contributed by atoms with E-state index < -0.39 is 63.6 Å². The van der Waals surface area contributed by atoms with E-state index in [0.29, 0.717) is 27.8 Å². The summed E-state index contributed by atoms with van der Waals surface area (Å²) in [6.45, 7) is 3.54. The van der Waals surface area contributed by atoms with Gasteiger partial charge in [0.15, 0.2) is 0 Å². The third-order valence-corrected chi connectivity index (χ3v) is 13.9. The number of nitro groups is 1. The average molecular weight is 806 g/mol. The van der Waals surface area contributed by atoms with Gasteiger partial charge in [-0.25, -0.2) is 4.90 Å². The van der Waals surface area contributed by atoms with E-state index in [2.05, 4.69) is 0 Å². The van der Waals surface area contributed by atoms with Crippen molar-refractivity contribution >= 4 is 73.8 Å². The van der Waals surface area contributed by atoms with Crippen molar-refractivity contribution in [2.24, 2.45) is 36.1 Å². The molecule has 4 aliphatic rings. The molecule has 2 saturated heterocycles. The number of thiophene rings is 1. The number of imide groups is 2. The number of nitrogens with zero attached hydrogens (tertiary/aromatic N) is 5. The highest BCUT2D eigenvalue weighted by molar-refractivity contribution is 7.22. The molecule has 4 amide bonds. The van der Waals surface area contributed by atoms with Crippen LogP contribution in [0, 0.1) is 46.1 Å². The minimum absolute atomic E-state index is 0.00557. The molecule has 1 saturated carbocycles. The van der Waals surface area contributed by atoms with Crippen LogP contribution in [-0.4, -0.2) is 56.7 Å². The lowest BCUT2D eigenvalue weighted by atomic mass is 9.51. The maximum Gasteiger partial charge on any atom is 0.269 e. The van der Waals surface area contributed by atoms with Crippen LogP contribution < -0.4 is 14.5 Å². The fourth-order valence-electron chi connectivity index (χ4n) is 9.78. The van der Waals surface area contributed by atoms with Gasteiger partial charge in [0.05, 0.1) is 45.3 Å². The van der Waals surface area contributed by atoms with Crippen molar-refractivity contribution in [2.45, 2.75) is 32.6 Å². The van der Waals surface area contributed by atoms with Gasteiger partial charge in [0.25, 0.3) is 5.69 Å². The molecule has 290 valence electrons. The van der Waals surface area contributed by atoms with Crippen LogP contribution in [0.2, 0.25) is 5.02 Å². The molecule has 0 bridgehead atoms. The number of para-hydroxylation sites is 1. The molecule has 6 atom stereocenters. The van der Waals surface area contributed by atoms with Gasteiger partial charge >= 0.3 is 0 Å². The number of carbonyl (C=O) groups excluding carboxylic acids is 4. The smallest absolute Gasteiger partial charge is 0.269 e. The second kappa shape index (κ2) is 13.5. The molecule has 0 radical (unpaired) electrons. The molecule has 4 heterocycles. The highest BCUT2D eigenvalue weighted by Crippen LogP contribution is 2.64. The molecule has 5 aromatic rings. The number of hydrogen-bond donors (Lipinski definition) is 1. The van der Waals surface area contributed by atoms with E-state index in [9.17, 15) is 29.6 Å². The van der Waals surface area contributed by atoms with Gasteiger partial charge in [0, 0.05) is 46.5 Å². The molecule has 0 spiro atoms. The molecule has 3 aromatic carbocycles. The summed E-state index contributed by atoms with van der Waals surface area (Å²) < 4.78 is 8.61. The number of aromatic nitrogens is 2. The van der Waals surface area contributed by atoms with Crippen LogP contribution >= 0.6 is 22.9 Å². The number of rotatable bonds is 8. The van der Waals surface area contributed by atoms with Gasteiger partial charge in [-0.3, -0.25) is 38.9 Å². The van der Waals surface area contributed by atoms with Crippen molar-refractivity contribution in [2.75, 3.05) is 23.0 Å². The molecule has 1 N–H and O–H groups in total. The topological polar surface area (TPSA) is 165 Å². The average Bonchev–Trinajstić information content (AvgIpc) is 3.87. The minimum Gasteiger partial charge on any atom is -0.491 e. The first kappa shape index (κ1) is 36.9. The lowest BCUT2D eigenvalue weighted by Crippen LogP contribution is -2.49. The van der Waals surface area contributed by atoms with Gasteiger partial charge < -0.3 is 9.84 Å². The Labute approximate surface area is 335 Å². The normalized spacial score (nSPS) is 25.5. The fraction of sp³-hybridized carbons (Fsp3) is 0.310. The first-order valence-corrected chi connectivity index (χ1v) is 19.8. The van der Waals surface area contributed by atoms with Gasteiger partial charge in [-0.15, -0.1) is 11.3 Å². The first-order chi connectivity index (χ1) is 27.3. The van der Waals surface area contributed by atoms with Crippen molar-refractivity contribution in [1.82, 2.24) is 9.78 Å². The van der Waals surface area contributed by atoms with E-state index in [-0.39, 0.29) is 37.4 Å². The Morgan fingerprint density at radius 1 is 1.00 bits per heavy atom. The number of aliphatic hydroxyl groups is 1. The zero-order valence-electron chi connectivity index (χ0n) is 31.0. The number of carbonyl (C=O) groups is 4. The Morgan fingerprint density at radius 2 is 1.75 bits per heavy atom. The van der Waals surface area contributed by atoms with Crippen LogP contribution in [-0.2, 0) is 26.2 Å². The fourth-order valence-corrected chi connectivity index (χ4v) is 11.1. The Morgan fingerprint density at radius 3 is 2.49 bits per heavy atom. The summed E-state index contributed by atoms with van der Waals surface area (Å²) in [7, 11) is 1.70. The number of non-ortho nitro benzene ring substituents is 1. The summed E-state index contributed by atoms with van der Waals surface area (Å²) >= 11 is 7.86. The number of halogens is 1. The number of amides is 4. The van der Waals surface area contributed by atoms with E-state index in [0.717, 1.165) is 31.0 Å². The highest BCUT2D eigenvalue weighted by Gasteiger charge is 2.68. The van der Waals surface area contributed by atoms with Crippen molar-refractivity contribution in [3.63, 3.8) is 0 Å². The lowest BCUT2D eigenvalue weighted by molar-refractivity contribution is -0.384. The van der Waals surface area contributed by atoms with E-state index in [4.69, 9.17) is 21.4 Å². The van der Waals surface area contributed by atoms with E-state index in [1.165, 1.54) is 29.2 Å². The number of nitro benzene ring substituents is 1. The molecule has 9 rings (SSSR count). The van der Waals surface area contributed by atoms with E-state index >= 15 is 4.79 Å². The number of hydrogen-bond acceptors (Lipinski definition) is 10. The molecule has 2 aromatic heterocycles. The van der Waals surface area contributed by atoms with Crippen LogP contribution in [0.15, 0.2) is 84.4 Å². The number of aryl methyl sites for hydroxylation is 2. The van der Waals surface area contributed by atoms with Gasteiger partial charge in [-0.05, 0) is 80.0 Å². The SMILES string of the molecule is Cc1c(-c2cc(N3C(=O)C4CC5C(=CCC6C(=O)N(c7ccc([N+](=O)[O-])cc7)C(=O)C65)C(c5ccccc5OCCO)C4(C)C3=O)n(C)n2)sc2ccc(Cl)cc12. The molecule has 57 heavy (non-hydrogen) atoms. The zero-order chi connectivity index (χ0) is 40.1. The molecular weight excluding hydrogens is 770 g/mol. The van der Waals surface area contributed by atoms with Crippen LogP contribution in [0.5, 0.6) is 5.75 Å². The minimum atomic E-state index is -1.34. The molecule has 6 unspecified atom stereocenters. The van der Waals surface area contributed by atoms with Crippen LogP contribution in [0.4, 0.5) is 17.2 Å². The van der Waals surface area contributed by atoms with Gasteiger partial charge in [-0.1, -0.05) is 41.4 Å². The monoisotopic (exact) mass is 805 g/mol. The molecule has 2 aliphatic heterocycles. The number of benzene rings is 3. The van der Waals surface area contributed by atoms with Gasteiger partial charge in [-0.2, -0.15) is 5.10 Å². The summed E-state index contributed by atoms with van der Waals surface area (Å²) in [5.74, 6) is -4.77. The summed E-state index contributed by atoms with van der Waals surface area (Å²) in [6, 6.07) is 20.0. The molecule has 2 aliphatic carbocycles. The second-order valence-corrected chi connectivity index (χ2v) is 16.8. The highest BCUT2D eigenvalue weighted by atomic mass is 35.5. The number of aliphatic hydroxyl groups excluding tert-OH is 1. The molecular formula is C42H36ClN5O8S. The maximum atomic E-state index is 15.2. The van der Waals surface area contributed by atoms with Gasteiger partial charge in [0.1, 0.15) is 23.9 Å². The Kier molecular flexibility index (Phi) is 8.72. The summed E-state index contributed by atoms with van der Waals surface area (Å²) in [5, 5.41) is 27.4. The van der Waals surface area contributed by atoms with Crippen LogP contribution in [0.1, 0.15) is 36.8 Å². The summed E-state index contributed by atoms with van der Waals surface area (Å²) in [5.41, 5.74) is 1.69. The first-order valence-electron chi connectivity index (χ1n) is 18.6. The van der Waals surface area contributed by atoms with Gasteiger partial charge in [0.2, 0.25) is 23.6 Å². The standard InChI is InChI=1S/C42H36ClN5O8S/c1-21-28-18-22(43)8-15-33(28)57-37(21)31-20-34(45(3)44-31)47-39(51)30-19-29-25(36(42(30,2)41(47)53)26-6-4-5-7-32(26)56-17-16-49)13-14-27-35(29)40(52)46(38(27)50)23-9-11-24(12-10-23)48(54)55/h4-13,15,18,20,27,29-30,35-36,49H,14,16-17,19H2,1-3H3. The van der Waals surface area contributed by atoms with E-state index in [1.54, 1.807) is 48.2 Å².